The summed E-state index contributed by atoms with van der Waals surface area (Å²) >= 11 is 5.90. The molecule has 0 fully saturated rings. The van der Waals surface area contributed by atoms with E-state index in [1.165, 1.54) is 12.3 Å². The third kappa shape index (κ3) is 2.53. The van der Waals surface area contributed by atoms with Crippen molar-refractivity contribution < 1.29 is 9.90 Å². The number of aryl methyl sites for hydroxylation is 2. The summed E-state index contributed by atoms with van der Waals surface area (Å²) in [4.78, 5) is 22.6. The topological polar surface area (TPSA) is 59.3 Å². The summed E-state index contributed by atoms with van der Waals surface area (Å²) in [5, 5.41) is 9.62. The largest absolute Gasteiger partial charge is 0.477 e. The van der Waals surface area contributed by atoms with Crippen molar-refractivity contribution in [2.45, 2.75) is 13.8 Å². The zero-order valence-corrected chi connectivity index (χ0v) is 11.2. The second kappa shape index (κ2) is 4.90. The van der Waals surface area contributed by atoms with E-state index >= 15 is 0 Å². The maximum absolute atomic E-state index is 11.6. The first kappa shape index (κ1) is 13.4. The molecule has 0 atom stereocenters. The van der Waals surface area contributed by atoms with Crippen molar-refractivity contribution in [3.63, 3.8) is 0 Å². The van der Waals surface area contributed by atoms with E-state index in [0.29, 0.717) is 10.7 Å². The molecule has 2 rings (SSSR count). The van der Waals surface area contributed by atoms with Crippen LogP contribution in [0, 0.1) is 13.8 Å². The third-order valence-corrected chi connectivity index (χ3v) is 3.13. The monoisotopic (exact) mass is 277 g/mol. The summed E-state index contributed by atoms with van der Waals surface area (Å²) in [5.41, 5.74) is 1.62. The molecule has 0 amide bonds. The lowest BCUT2D eigenvalue weighted by Crippen LogP contribution is -2.18. The van der Waals surface area contributed by atoms with Crippen LogP contribution in [0.15, 0.2) is 35.3 Å². The molecule has 0 saturated heterocycles. The Kier molecular flexibility index (Phi) is 3.44. The molecule has 0 aliphatic rings. The van der Waals surface area contributed by atoms with Crippen LogP contribution in [0.4, 0.5) is 0 Å². The van der Waals surface area contributed by atoms with Crippen molar-refractivity contribution in [3.8, 4) is 5.69 Å². The smallest absolute Gasteiger partial charge is 0.341 e. The highest BCUT2D eigenvalue weighted by Crippen LogP contribution is 2.20. The second-order valence-electron chi connectivity index (χ2n) is 4.30. The van der Waals surface area contributed by atoms with Gasteiger partial charge in [-0.25, -0.2) is 4.79 Å². The number of carboxylic acids is 1. The van der Waals surface area contributed by atoms with E-state index in [-0.39, 0.29) is 5.56 Å². The lowest BCUT2D eigenvalue weighted by Gasteiger charge is -2.14. The lowest BCUT2D eigenvalue weighted by molar-refractivity contribution is 0.0695. The number of hydrogen-bond donors (Lipinski definition) is 1. The van der Waals surface area contributed by atoms with Gasteiger partial charge in [0, 0.05) is 28.7 Å². The standard InChI is InChI=1S/C14H12ClNO3/c1-8-5-10(15)3-4-12(8)16-7-11(14(18)19)13(17)6-9(16)2/h3-7H,1-2H3,(H,18,19). The van der Waals surface area contributed by atoms with E-state index < -0.39 is 11.4 Å². The number of hydrogen-bond acceptors (Lipinski definition) is 2. The molecule has 98 valence electrons. The summed E-state index contributed by atoms with van der Waals surface area (Å²) in [5.74, 6) is -1.23. The van der Waals surface area contributed by atoms with Gasteiger partial charge >= 0.3 is 5.97 Å². The van der Waals surface area contributed by atoms with Crippen LogP contribution >= 0.6 is 11.6 Å². The highest BCUT2D eigenvalue weighted by molar-refractivity contribution is 6.30. The number of benzene rings is 1. The third-order valence-electron chi connectivity index (χ3n) is 2.89. The van der Waals surface area contributed by atoms with Gasteiger partial charge < -0.3 is 9.67 Å². The molecule has 5 heteroatoms. The highest BCUT2D eigenvalue weighted by Gasteiger charge is 2.12. The van der Waals surface area contributed by atoms with Crippen molar-refractivity contribution in [2.24, 2.45) is 0 Å². The van der Waals surface area contributed by atoms with Crippen molar-refractivity contribution in [2.75, 3.05) is 0 Å². The van der Waals surface area contributed by atoms with Crippen LogP contribution in [0.1, 0.15) is 21.6 Å². The van der Waals surface area contributed by atoms with Crippen molar-refractivity contribution in [1.82, 2.24) is 4.57 Å². The van der Waals surface area contributed by atoms with Gasteiger partial charge in [-0.05, 0) is 37.6 Å². The Morgan fingerprint density at radius 2 is 1.95 bits per heavy atom. The zero-order chi connectivity index (χ0) is 14.2. The predicted molar refractivity (Wildman–Crippen MR) is 73.5 cm³/mol. The quantitative estimate of drug-likeness (QED) is 0.918. The average molecular weight is 278 g/mol. The number of aromatic carboxylic acids is 1. The van der Waals surface area contributed by atoms with Crippen LogP contribution in [0.3, 0.4) is 0 Å². The van der Waals surface area contributed by atoms with Crippen molar-refractivity contribution >= 4 is 17.6 Å². The fraction of sp³-hybridized carbons (Fsp3) is 0.143. The fourth-order valence-electron chi connectivity index (χ4n) is 1.94. The van der Waals surface area contributed by atoms with E-state index in [0.717, 1.165) is 11.3 Å². The molecule has 0 saturated carbocycles. The van der Waals surface area contributed by atoms with E-state index in [1.54, 1.807) is 29.7 Å². The Balaban J connectivity index is 2.71. The summed E-state index contributed by atoms with van der Waals surface area (Å²) in [6.07, 6.45) is 1.34. The molecule has 1 heterocycles. The minimum atomic E-state index is -1.23. The molecule has 19 heavy (non-hydrogen) atoms. The molecule has 2 aromatic rings. The number of rotatable bonds is 2. The number of pyridine rings is 1. The van der Waals surface area contributed by atoms with Gasteiger partial charge in [0.25, 0.3) is 0 Å². The van der Waals surface area contributed by atoms with Gasteiger partial charge in [-0.1, -0.05) is 11.6 Å². The maximum Gasteiger partial charge on any atom is 0.341 e. The molecular weight excluding hydrogens is 266 g/mol. The summed E-state index contributed by atoms with van der Waals surface area (Å²) < 4.78 is 1.68. The lowest BCUT2D eigenvalue weighted by atomic mass is 10.1. The first-order valence-corrected chi connectivity index (χ1v) is 6.01. The Morgan fingerprint density at radius 1 is 1.26 bits per heavy atom. The molecule has 0 aliphatic carbocycles. The normalized spacial score (nSPS) is 10.5. The van der Waals surface area contributed by atoms with Gasteiger partial charge in [0.15, 0.2) is 5.43 Å². The van der Waals surface area contributed by atoms with Gasteiger partial charge in [0.2, 0.25) is 0 Å². The summed E-state index contributed by atoms with van der Waals surface area (Å²) in [7, 11) is 0. The highest BCUT2D eigenvalue weighted by atomic mass is 35.5. The van der Waals surface area contributed by atoms with Gasteiger partial charge in [0.1, 0.15) is 5.56 Å². The van der Waals surface area contributed by atoms with Gasteiger partial charge in [-0.15, -0.1) is 0 Å². The van der Waals surface area contributed by atoms with Gasteiger partial charge in [0.05, 0.1) is 0 Å². The number of carbonyl (C=O) groups is 1. The molecule has 0 unspecified atom stereocenters. The van der Waals surface area contributed by atoms with Crippen LogP contribution in [0.5, 0.6) is 0 Å². The number of carboxylic acid groups (broad SMARTS) is 1. The molecular formula is C14H12ClNO3. The van der Waals surface area contributed by atoms with Gasteiger partial charge in [-0.2, -0.15) is 0 Å². The number of nitrogens with zero attached hydrogens (tertiary/aromatic N) is 1. The summed E-state index contributed by atoms with van der Waals surface area (Å²) in [6, 6.07) is 6.62. The van der Waals surface area contributed by atoms with E-state index in [2.05, 4.69) is 0 Å². The fourth-order valence-corrected chi connectivity index (χ4v) is 2.17. The zero-order valence-electron chi connectivity index (χ0n) is 10.5. The molecule has 0 bridgehead atoms. The Hall–Kier alpha value is -2.07. The van der Waals surface area contributed by atoms with E-state index in [9.17, 15) is 9.59 Å². The van der Waals surface area contributed by atoms with Crippen LogP contribution in [0.25, 0.3) is 5.69 Å². The second-order valence-corrected chi connectivity index (χ2v) is 4.74. The predicted octanol–water partition coefficient (Wildman–Crippen LogP) is 2.81. The molecule has 1 aromatic heterocycles. The Bertz CT molecular complexity index is 719. The van der Waals surface area contributed by atoms with Crippen LogP contribution in [0.2, 0.25) is 5.02 Å². The molecule has 0 spiro atoms. The summed E-state index contributed by atoms with van der Waals surface area (Å²) in [6.45, 7) is 3.63. The van der Waals surface area contributed by atoms with E-state index in [4.69, 9.17) is 16.7 Å². The molecule has 1 N–H and O–H groups in total. The molecule has 4 nitrogen and oxygen atoms in total. The van der Waals surface area contributed by atoms with Crippen LogP contribution in [-0.4, -0.2) is 15.6 Å². The first-order valence-electron chi connectivity index (χ1n) is 5.63. The Morgan fingerprint density at radius 3 is 2.53 bits per heavy atom. The number of aromatic nitrogens is 1. The molecule has 1 aromatic carbocycles. The maximum atomic E-state index is 11.6. The SMILES string of the molecule is Cc1cc(Cl)ccc1-n1cc(C(=O)O)c(=O)cc1C. The molecule has 0 aliphatic heterocycles. The van der Waals surface area contributed by atoms with Gasteiger partial charge in [-0.3, -0.25) is 4.79 Å². The van der Waals surface area contributed by atoms with Crippen LogP contribution < -0.4 is 5.43 Å². The first-order chi connectivity index (χ1) is 8.90. The van der Waals surface area contributed by atoms with Crippen molar-refractivity contribution in [1.29, 1.82) is 0 Å². The number of halogens is 1. The average Bonchev–Trinajstić information content (AvgIpc) is 2.30. The Labute approximate surface area is 114 Å². The van der Waals surface area contributed by atoms with Crippen LogP contribution in [-0.2, 0) is 0 Å². The van der Waals surface area contributed by atoms with E-state index in [1.807, 2.05) is 6.92 Å². The van der Waals surface area contributed by atoms with Crippen molar-refractivity contribution in [3.05, 3.63) is 62.5 Å². The minimum Gasteiger partial charge on any atom is -0.477 e. The molecule has 0 radical (unpaired) electrons. The minimum absolute atomic E-state index is 0.250.